The number of methoxy groups -OCH3 is 2. The van der Waals surface area contributed by atoms with Gasteiger partial charge in [-0.05, 0) is 30.3 Å². The van der Waals surface area contributed by atoms with E-state index in [-0.39, 0.29) is 37.2 Å². The van der Waals surface area contributed by atoms with Gasteiger partial charge in [-0.25, -0.2) is 0 Å². The summed E-state index contributed by atoms with van der Waals surface area (Å²) in [5.74, 6) is 0.266. The van der Waals surface area contributed by atoms with Crippen LogP contribution in [0.1, 0.15) is 16.8 Å². The van der Waals surface area contributed by atoms with E-state index in [0.29, 0.717) is 29.3 Å². The zero-order chi connectivity index (χ0) is 21.5. The van der Waals surface area contributed by atoms with Crippen molar-refractivity contribution in [1.82, 2.24) is 10.6 Å². The average Bonchev–Trinajstić information content (AvgIpc) is 3.18. The molecule has 8 nitrogen and oxygen atoms in total. The first kappa shape index (κ1) is 21.2. The predicted octanol–water partition coefficient (Wildman–Crippen LogP) is 1.60. The molecule has 0 aliphatic carbocycles. The Bertz CT molecular complexity index is 930. The van der Waals surface area contributed by atoms with Crippen LogP contribution in [0, 0.1) is 5.92 Å². The van der Waals surface area contributed by atoms with E-state index >= 15 is 0 Å². The highest BCUT2D eigenvalue weighted by Crippen LogP contribution is 2.27. The molecule has 1 aliphatic rings. The third kappa shape index (κ3) is 5.08. The Morgan fingerprint density at radius 1 is 1.00 bits per heavy atom. The van der Waals surface area contributed by atoms with E-state index in [1.807, 2.05) is 6.07 Å². The maximum Gasteiger partial charge on any atom is 0.251 e. The Labute approximate surface area is 175 Å². The summed E-state index contributed by atoms with van der Waals surface area (Å²) >= 11 is 0. The highest BCUT2D eigenvalue weighted by molar-refractivity contribution is 6.00. The minimum atomic E-state index is -0.433. The van der Waals surface area contributed by atoms with E-state index in [4.69, 9.17) is 9.47 Å². The maximum absolute atomic E-state index is 12.4. The molecule has 3 rings (SSSR count). The number of hydrogen-bond donors (Lipinski definition) is 2. The highest BCUT2D eigenvalue weighted by Gasteiger charge is 2.35. The molecule has 8 heteroatoms. The second-order valence-corrected chi connectivity index (χ2v) is 6.89. The molecule has 1 fully saturated rings. The van der Waals surface area contributed by atoms with Crippen molar-refractivity contribution in [1.29, 1.82) is 0 Å². The molecule has 1 atom stereocenters. The molecular formula is C22H25N3O5. The summed E-state index contributed by atoms with van der Waals surface area (Å²) in [6.45, 7) is 0.869. The van der Waals surface area contributed by atoms with Crippen LogP contribution in [0.3, 0.4) is 0 Å². The largest absolute Gasteiger partial charge is 0.497 e. The van der Waals surface area contributed by atoms with E-state index in [1.54, 1.807) is 54.5 Å². The van der Waals surface area contributed by atoms with Crippen LogP contribution >= 0.6 is 0 Å². The van der Waals surface area contributed by atoms with Gasteiger partial charge in [0.15, 0.2) is 0 Å². The van der Waals surface area contributed by atoms with E-state index < -0.39 is 5.92 Å². The molecule has 2 N–H and O–H groups in total. The molecule has 0 spiro atoms. The number of ether oxygens (including phenoxy) is 2. The Kier molecular flexibility index (Phi) is 6.90. The highest BCUT2D eigenvalue weighted by atomic mass is 16.5. The third-order valence-electron chi connectivity index (χ3n) is 4.90. The van der Waals surface area contributed by atoms with Crippen LogP contribution in [-0.4, -0.2) is 51.6 Å². The number of anilines is 1. The summed E-state index contributed by atoms with van der Waals surface area (Å²) in [5, 5.41) is 5.54. The molecule has 1 heterocycles. The van der Waals surface area contributed by atoms with Crippen molar-refractivity contribution in [3.63, 3.8) is 0 Å². The second-order valence-electron chi connectivity index (χ2n) is 6.89. The number of carbonyl (C=O) groups excluding carboxylic acids is 3. The minimum Gasteiger partial charge on any atom is -0.497 e. The summed E-state index contributed by atoms with van der Waals surface area (Å²) in [7, 11) is 3.10. The number of benzene rings is 2. The number of carbonyl (C=O) groups is 3. The molecule has 1 saturated heterocycles. The first-order chi connectivity index (χ1) is 14.5. The van der Waals surface area contributed by atoms with Crippen molar-refractivity contribution in [2.45, 2.75) is 6.42 Å². The molecule has 158 valence electrons. The SMILES string of the molecule is COc1cccc(C(=O)NCCNC(=O)[C@H]2CC(=O)N(c3cccc(OC)c3)C2)c1. The summed E-state index contributed by atoms with van der Waals surface area (Å²) in [4.78, 5) is 38.6. The monoisotopic (exact) mass is 411 g/mol. The lowest BCUT2D eigenvalue weighted by atomic mass is 10.1. The number of nitrogens with zero attached hydrogens (tertiary/aromatic N) is 1. The van der Waals surface area contributed by atoms with Gasteiger partial charge in [0.2, 0.25) is 11.8 Å². The Balaban J connectivity index is 1.46. The van der Waals surface area contributed by atoms with Gasteiger partial charge in [0.25, 0.3) is 5.91 Å². The lowest BCUT2D eigenvalue weighted by Crippen LogP contribution is -2.38. The van der Waals surface area contributed by atoms with Crippen molar-refractivity contribution >= 4 is 23.4 Å². The summed E-state index contributed by atoms with van der Waals surface area (Å²) in [6, 6.07) is 14.0. The molecule has 1 aliphatic heterocycles. The van der Waals surface area contributed by atoms with E-state index in [9.17, 15) is 14.4 Å². The Morgan fingerprint density at radius 3 is 2.40 bits per heavy atom. The lowest BCUT2D eigenvalue weighted by molar-refractivity contribution is -0.126. The lowest BCUT2D eigenvalue weighted by Gasteiger charge is -2.17. The quantitative estimate of drug-likeness (QED) is 0.643. The smallest absolute Gasteiger partial charge is 0.251 e. The maximum atomic E-state index is 12.4. The normalized spacial score (nSPS) is 15.6. The van der Waals surface area contributed by atoms with E-state index in [0.717, 1.165) is 0 Å². The average molecular weight is 411 g/mol. The van der Waals surface area contributed by atoms with Crippen molar-refractivity contribution in [2.24, 2.45) is 5.92 Å². The zero-order valence-electron chi connectivity index (χ0n) is 17.0. The van der Waals surface area contributed by atoms with Crippen molar-refractivity contribution in [2.75, 3.05) is 38.8 Å². The van der Waals surface area contributed by atoms with Gasteiger partial charge in [-0.15, -0.1) is 0 Å². The molecule has 0 radical (unpaired) electrons. The fourth-order valence-corrected chi connectivity index (χ4v) is 3.28. The van der Waals surface area contributed by atoms with Crippen LogP contribution < -0.4 is 25.0 Å². The molecule has 2 aromatic rings. The van der Waals surface area contributed by atoms with Crippen LogP contribution in [0.5, 0.6) is 11.5 Å². The molecule has 0 unspecified atom stereocenters. The van der Waals surface area contributed by atoms with E-state index in [1.165, 1.54) is 7.11 Å². The van der Waals surface area contributed by atoms with Gasteiger partial charge in [0.1, 0.15) is 11.5 Å². The van der Waals surface area contributed by atoms with Crippen LogP contribution in [0.15, 0.2) is 48.5 Å². The van der Waals surface area contributed by atoms with Gasteiger partial charge >= 0.3 is 0 Å². The topological polar surface area (TPSA) is 97.0 Å². The third-order valence-corrected chi connectivity index (χ3v) is 4.90. The number of hydrogen-bond acceptors (Lipinski definition) is 5. The van der Waals surface area contributed by atoms with Crippen molar-refractivity contribution < 1.29 is 23.9 Å². The molecule has 30 heavy (non-hydrogen) atoms. The summed E-state index contributed by atoms with van der Waals surface area (Å²) in [6.07, 6.45) is 0.152. The van der Waals surface area contributed by atoms with Crippen LogP contribution in [0.2, 0.25) is 0 Å². The summed E-state index contributed by atoms with van der Waals surface area (Å²) in [5.41, 5.74) is 1.19. The Morgan fingerprint density at radius 2 is 1.67 bits per heavy atom. The van der Waals surface area contributed by atoms with Gasteiger partial charge in [-0.3, -0.25) is 14.4 Å². The summed E-state index contributed by atoms with van der Waals surface area (Å²) < 4.78 is 10.3. The van der Waals surface area contributed by atoms with Crippen molar-refractivity contribution in [3.8, 4) is 11.5 Å². The van der Waals surface area contributed by atoms with Gasteiger partial charge < -0.3 is 25.0 Å². The van der Waals surface area contributed by atoms with Crippen LogP contribution in [-0.2, 0) is 9.59 Å². The minimum absolute atomic E-state index is 0.102. The number of amides is 3. The molecule has 3 amide bonds. The van der Waals surface area contributed by atoms with Gasteiger partial charge in [0, 0.05) is 43.4 Å². The van der Waals surface area contributed by atoms with Gasteiger partial charge in [0.05, 0.1) is 20.1 Å². The molecule has 0 saturated carbocycles. The van der Waals surface area contributed by atoms with Crippen LogP contribution in [0.25, 0.3) is 0 Å². The fourth-order valence-electron chi connectivity index (χ4n) is 3.28. The first-order valence-corrected chi connectivity index (χ1v) is 9.66. The molecule has 0 aromatic heterocycles. The second kappa shape index (κ2) is 9.78. The molecule has 0 bridgehead atoms. The van der Waals surface area contributed by atoms with E-state index in [2.05, 4.69) is 10.6 Å². The van der Waals surface area contributed by atoms with Crippen LogP contribution in [0.4, 0.5) is 5.69 Å². The van der Waals surface area contributed by atoms with Gasteiger partial charge in [-0.2, -0.15) is 0 Å². The predicted molar refractivity (Wildman–Crippen MR) is 112 cm³/mol. The standard InChI is InChI=1S/C22H25N3O5/c1-29-18-7-3-5-15(11-18)21(27)23-9-10-24-22(28)16-12-20(26)25(14-16)17-6-4-8-19(13-17)30-2/h3-8,11,13,16H,9-10,12,14H2,1-2H3,(H,23,27)(H,24,28)/t16-/m0/s1. The van der Waals surface area contributed by atoms with Gasteiger partial charge in [-0.1, -0.05) is 12.1 Å². The fraction of sp³-hybridized carbons (Fsp3) is 0.318. The first-order valence-electron chi connectivity index (χ1n) is 9.66. The number of nitrogens with one attached hydrogen (secondary N) is 2. The number of rotatable bonds is 8. The zero-order valence-corrected chi connectivity index (χ0v) is 17.0. The van der Waals surface area contributed by atoms with Crippen molar-refractivity contribution in [3.05, 3.63) is 54.1 Å². The Hall–Kier alpha value is -3.55. The molecule has 2 aromatic carbocycles. The molecular weight excluding hydrogens is 386 g/mol.